The molecule has 0 saturated heterocycles. The lowest BCUT2D eigenvalue weighted by Gasteiger charge is -2.12. The van der Waals surface area contributed by atoms with Crippen LogP contribution in [0.2, 0.25) is 0 Å². The first-order chi connectivity index (χ1) is 9.51. The van der Waals surface area contributed by atoms with Crippen molar-refractivity contribution in [2.24, 2.45) is 0 Å². The third-order valence-corrected chi connectivity index (χ3v) is 3.31. The Morgan fingerprint density at radius 1 is 1.50 bits per heavy atom. The molecule has 2 aromatic rings. The fourth-order valence-electron chi connectivity index (χ4n) is 1.89. The van der Waals surface area contributed by atoms with E-state index in [4.69, 9.17) is 4.74 Å². The van der Waals surface area contributed by atoms with Gasteiger partial charge in [0.25, 0.3) is 0 Å². The van der Waals surface area contributed by atoms with E-state index in [1.54, 1.807) is 6.92 Å². The maximum absolute atomic E-state index is 14.2. The number of rotatable bonds is 3. The molecule has 0 unspecified atom stereocenters. The Morgan fingerprint density at radius 3 is 2.80 bits per heavy atom. The number of pyridine rings is 1. The summed E-state index contributed by atoms with van der Waals surface area (Å²) < 4.78 is 32.9. The van der Waals surface area contributed by atoms with Crippen LogP contribution >= 0.6 is 15.9 Å². The molecule has 0 bridgehead atoms. The summed E-state index contributed by atoms with van der Waals surface area (Å²) in [4.78, 5) is 15.6. The number of anilines is 1. The summed E-state index contributed by atoms with van der Waals surface area (Å²) in [5.41, 5.74) is 0.0486. The number of halogens is 3. The van der Waals surface area contributed by atoms with E-state index in [1.807, 2.05) is 0 Å². The molecule has 0 atom stereocenters. The smallest absolute Gasteiger partial charge is 0.341 e. The SMILES string of the molecule is CCOC(=O)c1cnc2c(F)cc(Br)c(F)c2c1NC. The summed E-state index contributed by atoms with van der Waals surface area (Å²) >= 11 is 2.94. The highest BCUT2D eigenvalue weighted by Crippen LogP contribution is 2.33. The van der Waals surface area contributed by atoms with Crippen molar-refractivity contribution in [3.63, 3.8) is 0 Å². The third-order valence-electron chi connectivity index (χ3n) is 2.73. The van der Waals surface area contributed by atoms with Crippen LogP contribution in [-0.2, 0) is 4.74 Å². The lowest BCUT2D eigenvalue weighted by molar-refractivity contribution is 0.0527. The zero-order chi connectivity index (χ0) is 14.9. The van der Waals surface area contributed by atoms with Gasteiger partial charge in [-0.05, 0) is 28.9 Å². The monoisotopic (exact) mass is 344 g/mol. The summed E-state index contributed by atoms with van der Waals surface area (Å²) in [7, 11) is 1.51. The number of nitrogens with zero attached hydrogens (tertiary/aromatic N) is 1. The molecule has 2 rings (SSSR count). The van der Waals surface area contributed by atoms with Gasteiger partial charge in [0.15, 0.2) is 5.82 Å². The van der Waals surface area contributed by atoms with Gasteiger partial charge in [-0.25, -0.2) is 13.6 Å². The molecule has 0 radical (unpaired) electrons. The van der Waals surface area contributed by atoms with Crippen LogP contribution < -0.4 is 5.32 Å². The molecule has 7 heteroatoms. The quantitative estimate of drug-likeness (QED) is 0.683. The molecule has 20 heavy (non-hydrogen) atoms. The minimum Gasteiger partial charge on any atom is -0.462 e. The Balaban J connectivity index is 2.82. The van der Waals surface area contributed by atoms with Crippen LogP contribution in [0.5, 0.6) is 0 Å². The first-order valence-corrected chi connectivity index (χ1v) is 6.61. The Labute approximate surface area is 122 Å². The number of aromatic nitrogens is 1. The average Bonchev–Trinajstić information content (AvgIpc) is 2.43. The van der Waals surface area contributed by atoms with Crippen LogP contribution in [0.3, 0.4) is 0 Å². The van der Waals surface area contributed by atoms with Crippen molar-refractivity contribution in [3.05, 3.63) is 33.9 Å². The van der Waals surface area contributed by atoms with E-state index in [0.717, 1.165) is 6.07 Å². The molecule has 1 aromatic heterocycles. The molecule has 1 heterocycles. The molecule has 106 valence electrons. The fourth-order valence-corrected chi connectivity index (χ4v) is 2.29. The van der Waals surface area contributed by atoms with Crippen LogP contribution in [0.4, 0.5) is 14.5 Å². The molecule has 0 aliphatic heterocycles. The van der Waals surface area contributed by atoms with Gasteiger partial charge >= 0.3 is 5.97 Å². The first-order valence-electron chi connectivity index (χ1n) is 5.82. The van der Waals surface area contributed by atoms with E-state index in [0.29, 0.717) is 0 Å². The van der Waals surface area contributed by atoms with Crippen LogP contribution in [0.15, 0.2) is 16.7 Å². The number of nitrogens with one attached hydrogen (secondary N) is 1. The Kier molecular flexibility index (Phi) is 4.17. The molecular weight excluding hydrogens is 334 g/mol. The Morgan fingerprint density at radius 2 is 2.20 bits per heavy atom. The van der Waals surface area contributed by atoms with Gasteiger partial charge in [-0.2, -0.15) is 0 Å². The van der Waals surface area contributed by atoms with Gasteiger partial charge in [0, 0.05) is 13.2 Å². The van der Waals surface area contributed by atoms with E-state index < -0.39 is 17.6 Å². The molecule has 0 spiro atoms. The molecule has 1 aromatic carbocycles. The van der Waals surface area contributed by atoms with Crippen molar-refractivity contribution >= 4 is 38.5 Å². The normalized spacial score (nSPS) is 10.7. The summed E-state index contributed by atoms with van der Waals surface area (Å²) in [5.74, 6) is -2.02. The highest BCUT2D eigenvalue weighted by Gasteiger charge is 2.21. The van der Waals surface area contributed by atoms with Crippen molar-refractivity contribution in [2.75, 3.05) is 19.0 Å². The lowest BCUT2D eigenvalue weighted by atomic mass is 10.1. The molecule has 0 aliphatic rings. The molecule has 0 fully saturated rings. The van der Waals surface area contributed by atoms with Gasteiger partial charge in [-0.1, -0.05) is 0 Å². The van der Waals surface area contributed by atoms with E-state index >= 15 is 0 Å². The van der Waals surface area contributed by atoms with E-state index in [1.165, 1.54) is 13.2 Å². The summed E-state index contributed by atoms with van der Waals surface area (Å²) in [6.07, 6.45) is 1.17. The van der Waals surface area contributed by atoms with Crippen molar-refractivity contribution in [1.82, 2.24) is 4.98 Å². The number of carbonyl (C=O) groups is 1. The average molecular weight is 345 g/mol. The molecule has 4 nitrogen and oxygen atoms in total. The van der Waals surface area contributed by atoms with Gasteiger partial charge in [0.2, 0.25) is 0 Å². The number of benzene rings is 1. The summed E-state index contributed by atoms with van der Waals surface area (Å²) in [6, 6.07) is 0.994. The summed E-state index contributed by atoms with van der Waals surface area (Å²) in [6.45, 7) is 1.83. The molecule has 0 amide bonds. The topological polar surface area (TPSA) is 51.2 Å². The Bertz CT molecular complexity index is 692. The number of esters is 1. The van der Waals surface area contributed by atoms with Crippen molar-refractivity contribution < 1.29 is 18.3 Å². The minimum atomic E-state index is -0.690. The van der Waals surface area contributed by atoms with Gasteiger partial charge in [-0.15, -0.1) is 0 Å². The molecule has 0 aliphatic carbocycles. The summed E-state index contributed by atoms with van der Waals surface area (Å²) in [5, 5.41) is 2.61. The van der Waals surface area contributed by atoms with Crippen molar-refractivity contribution in [2.45, 2.75) is 6.92 Å². The van der Waals surface area contributed by atoms with Gasteiger partial charge in [-0.3, -0.25) is 4.98 Å². The predicted octanol–water partition coefficient (Wildman–Crippen LogP) is 3.49. The minimum absolute atomic E-state index is 0.0400. The first kappa shape index (κ1) is 14.6. The third kappa shape index (κ3) is 2.33. The standard InChI is InChI=1S/C13H11BrF2N2O2/c1-3-20-13(19)6-5-18-12-8(15)4-7(14)10(16)9(12)11(6)17-2/h4-5H,3H2,1-2H3,(H,17,18). The van der Waals surface area contributed by atoms with Crippen LogP contribution in [-0.4, -0.2) is 24.6 Å². The van der Waals surface area contributed by atoms with E-state index in [9.17, 15) is 13.6 Å². The number of hydrogen-bond donors (Lipinski definition) is 1. The van der Waals surface area contributed by atoms with Crippen molar-refractivity contribution in [3.8, 4) is 0 Å². The van der Waals surface area contributed by atoms with Gasteiger partial charge in [0.1, 0.15) is 16.9 Å². The maximum atomic E-state index is 14.2. The highest BCUT2D eigenvalue weighted by molar-refractivity contribution is 9.10. The second kappa shape index (κ2) is 5.70. The molecule has 1 N–H and O–H groups in total. The number of hydrogen-bond acceptors (Lipinski definition) is 4. The van der Waals surface area contributed by atoms with Gasteiger partial charge in [0.05, 0.1) is 22.2 Å². The zero-order valence-electron chi connectivity index (χ0n) is 10.8. The maximum Gasteiger partial charge on any atom is 0.341 e. The van der Waals surface area contributed by atoms with Crippen LogP contribution in [0.25, 0.3) is 10.9 Å². The number of carbonyl (C=O) groups excluding carboxylic acids is 1. The molecular formula is C13H11BrF2N2O2. The second-order valence-corrected chi connectivity index (χ2v) is 4.75. The zero-order valence-corrected chi connectivity index (χ0v) is 12.3. The van der Waals surface area contributed by atoms with E-state index in [-0.39, 0.29) is 33.2 Å². The largest absolute Gasteiger partial charge is 0.462 e. The van der Waals surface area contributed by atoms with Crippen LogP contribution in [0, 0.1) is 11.6 Å². The second-order valence-electron chi connectivity index (χ2n) is 3.90. The predicted molar refractivity (Wildman–Crippen MR) is 74.9 cm³/mol. The highest BCUT2D eigenvalue weighted by atomic mass is 79.9. The van der Waals surface area contributed by atoms with Crippen LogP contribution in [0.1, 0.15) is 17.3 Å². The fraction of sp³-hybridized carbons (Fsp3) is 0.231. The van der Waals surface area contributed by atoms with E-state index in [2.05, 4.69) is 26.2 Å². The van der Waals surface area contributed by atoms with Gasteiger partial charge < -0.3 is 10.1 Å². The Hall–Kier alpha value is -1.76. The number of ether oxygens (including phenoxy) is 1. The molecule has 0 saturated carbocycles. The van der Waals surface area contributed by atoms with Crippen molar-refractivity contribution in [1.29, 1.82) is 0 Å². The number of fused-ring (bicyclic) bond motifs is 1. The lowest BCUT2D eigenvalue weighted by Crippen LogP contribution is -2.10.